The van der Waals surface area contributed by atoms with Crippen LogP contribution in [0.2, 0.25) is 0 Å². The van der Waals surface area contributed by atoms with Crippen LogP contribution in [0.25, 0.3) is 0 Å². The second-order valence-electron chi connectivity index (χ2n) is 6.47. The molecule has 0 amide bonds. The minimum Gasteiger partial charge on any atom is -1.00 e. The van der Waals surface area contributed by atoms with E-state index in [1.54, 1.807) is 0 Å². The summed E-state index contributed by atoms with van der Waals surface area (Å²) in [5.74, 6) is 0.298. The Morgan fingerprint density at radius 3 is 1.59 bits per heavy atom. The SMILES string of the molecule is [C-]1=CCC(C(c2ccccc2)c2ccccc2)=C1Cc1ccccc1.[Cl-].[Cl-].[Cl-].[Ti+4]. The van der Waals surface area contributed by atoms with E-state index in [4.69, 9.17) is 0 Å². The zero-order valence-electron chi connectivity index (χ0n) is 15.9. The fourth-order valence-electron chi connectivity index (χ4n) is 3.64. The van der Waals surface area contributed by atoms with Gasteiger partial charge < -0.3 is 37.2 Å². The van der Waals surface area contributed by atoms with E-state index in [2.05, 4.69) is 103 Å². The second kappa shape index (κ2) is 13.9. The van der Waals surface area contributed by atoms with Gasteiger partial charge in [0.2, 0.25) is 0 Å². The predicted molar refractivity (Wildman–Crippen MR) is 104 cm³/mol. The van der Waals surface area contributed by atoms with E-state index in [0.717, 1.165) is 12.8 Å². The summed E-state index contributed by atoms with van der Waals surface area (Å²) in [7, 11) is 0. The fraction of sp³-hybridized carbons (Fsp3) is 0.120. The molecule has 1 aliphatic rings. The monoisotopic (exact) mass is 474 g/mol. The van der Waals surface area contributed by atoms with E-state index in [1.807, 2.05) is 0 Å². The summed E-state index contributed by atoms with van der Waals surface area (Å²) in [4.78, 5) is 0. The molecule has 0 unspecified atom stereocenters. The largest absolute Gasteiger partial charge is 4.00 e. The van der Waals surface area contributed by atoms with Crippen molar-refractivity contribution >= 4 is 0 Å². The molecule has 0 saturated carbocycles. The molecule has 0 saturated heterocycles. The number of halogens is 3. The van der Waals surface area contributed by atoms with Gasteiger partial charge in [-0.1, -0.05) is 109 Å². The molecule has 0 nitrogen and oxygen atoms in total. The van der Waals surface area contributed by atoms with Crippen LogP contribution in [0.5, 0.6) is 0 Å². The Morgan fingerprint density at radius 1 is 0.655 bits per heavy atom. The van der Waals surface area contributed by atoms with Gasteiger partial charge in [0.15, 0.2) is 0 Å². The first-order valence-electron chi connectivity index (χ1n) is 8.86. The third kappa shape index (κ3) is 6.88. The van der Waals surface area contributed by atoms with Gasteiger partial charge in [-0.25, -0.2) is 5.57 Å². The molecule has 0 heterocycles. The van der Waals surface area contributed by atoms with Crippen molar-refractivity contribution in [3.05, 3.63) is 131 Å². The van der Waals surface area contributed by atoms with Gasteiger partial charge in [-0.05, 0) is 17.9 Å². The fourth-order valence-corrected chi connectivity index (χ4v) is 3.64. The molecule has 0 N–H and O–H groups in total. The Kier molecular flexibility index (Phi) is 13.2. The number of allylic oxidation sites excluding steroid dienone is 4. The molecule has 0 fully saturated rings. The quantitative estimate of drug-likeness (QED) is 0.275. The summed E-state index contributed by atoms with van der Waals surface area (Å²) >= 11 is 0. The standard InChI is InChI=1S/C25H21.3ClH.Ti/c1-4-11-20(12-5-1)19-23-17-10-18-24(23)25(21-13-6-2-7-14-21)22-15-8-3-9-16-22;;;;/h1-16,25H,18-19H2;3*1H;/q-1;;;;+4/p-3. The molecular formula is C25H21Cl3Ti. The molecule has 0 spiro atoms. The number of rotatable bonds is 5. The van der Waals surface area contributed by atoms with Gasteiger partial charge in [0, 0.05) is 0 Å². The summed E-state index contributed by atoms with van der Waals surface area (Å²) in [6.45, 7) is 0. The maximum absolute atomic E-state index is 3.53. The Labute approximate surface area is 207 Å². The molecule has 0 aromatic heterocycles. The Balaban J connectivity index is 0.00000196. The first kappa shape index (κ1) is 27.7. The molecule has 0 atom stereocenters. The molecule has 146 valence electrons. The van der Waals surface area contributed by atoms with E-state index in [1.165, 1.54) is 27.8 Å². The molecular weight excluding hydrogens is 455 g/mol. The Morgan fingerprint density at radius 2 is 1.10 bits per heavy atom. The third-order valence-electron chi connectivity index (χ3n) is 4.82. The van der Waals surface area contributed by atoms with Crippen molar-refractivity contribution in [3.8, 4) is 0 Å². The van der Waals surface area contributed by atoms with Crippen LogP contribution in [-0.4, -0.2) is 0 Å². The molecule has 4 rings (SSSR count). The van der Waals surface area contributed by atoms with Crippen molar-refractivity contribution in [1.82, 2.24) is 0 Å². The van der Waals surface area contributed by atoms with E-state index < -0.39 is 0 Å². The van der Waals surface area contributed by atoms with Crippen molar-refractivity contribution in [2.45, 2.75) is 18.8 Å². The first-order valence-corrected chi connectivity index (χ1v) is 8.86. The van der Waals surface area contributed by atoms with E-state index in [-0.39, 0.29) is 58.9 Å². The van der Waals surface area contributed by atoms with Crippen molar-refractivity contribution in [1.29, 1.82) is 0 Å². The van der Waals surface area contributed by atoms with Gasteiger partial charge in [-0.2, -0.15) is 11.6 Å². The van der Waals surface area contributed by atoms with Gasteiger partial charge in [0.1, 0.15) is 0 Å². The van der Waals surface area contributed by atoms with Gasteiger partial charge in [0.05, 0.1) is 0 Å². The van der Waals surface area contributed by atoms with Crippen molar-refractivity contribution in [2.24, 2.45) is 0 Å². The average Bonchev–Trinajstić information content (AvgIpc) is 3.12. The zero-order valence-corrected chi connectivity index (χ0v) is 19.7. The van der Waals surface area contributed by atoms with Gasteiger partial charge in [-0.15, -0.1) is 0 Å². The summed E-state index contributed by atoms with van der Waals surface area (Å²) in [5, 5.41) is 0. The summed E-state index contributed by atoms with van der Waals surface area (Å²) in [6, 6.07) is 32.4. The van der Waals surface area contributed by atoms with Crippen LogP contribution in [-0.2, 0) is 28.1 Å². The van der Waals surface area contributed by atoms with E-state index >= 15 is 0 Å². The second-order valence-corrected chi connectivity index (χ2v) is 6.47. The van der Waals surface area contributed by atoms with Gasteiger partial charge in [0.25, 0.3) is 0 Å². The van der Waals surface area contributed by atoms with Gasteiger partial charge >= 0.3 is 21.7 Å². The van der Waals surface area contributed by atoms with E-state index in [0.29, 0.717) is 5.92 Å². The van der Waals surface area contributed by atoms with E-state index in [9.17, 15) is 0 Å². The molecule has 29 heavy (non-hydrogen) atoms. The normalized spacial score (nSPS) is 11.8. The van der Waals surface area contributed by atoms with Crippen LogP contribution in [0, 0.1) is 6.08 Å². The summed E-state index contributed by atoms with van der Waals surface area (Å²) < 4.78 is 0. The van der Waals surface area contributed by atoms with Crippen LogP contribution in [0.4, 0.5) is 0 Å². The third-order valence-corrected chi connectivity index (χ3v) is 4.82. The van der Waals surface area contributed by atoms with Crippen LogP contribution in [0.1, 0.15) is 29.0 Å². The average molecular weight is 476 g/mol. The smallest absolute Gasteiger partial charge is 1.00 e. The van der Waals surface area contributed by atoms with Crippen molar-refractivity contribution in [2.75, 3.05) is 0 Å². The molecule has 3 aromatic rings. The van der Waals surface area contributed by atoms with Crippen LogP contribution in [0.15, 0.2) is 108 Å². The topological polar surface area (TPSA) is 0 Å². The number of benzene rings is 3. The minimum absolute atomic E-state index is 0. The Hall–Kier alpha value is -1.28. The van der Waals surface area contributed by atoms with Crippen molar-refractivity contribution < 1.29 is 58.9 Å². The maximum Gasteiger partial charge on any atom is 4.00 e. The van der Waals surface area contributed by atoms with Crippen LogP contribution < -0.4 is 37.2 Å². The van der Waals surface area contributed by atoms with Crippen LogP contribution >= 0.6 is 0 Å². The summed E-state index contributed by atoms with van der Waals surface area (Å²) in [6.07, 6.45) is 7.65. The number of hydrogen-bond donors (Lipinski definition) is 0. The molecule has 1 aliphatic carbocycles. The summed E-state index contributed by atoms with van der Waals surface area (Å²) in [5.41, 5.74) is 6.86. The first-order chi connectivity index (χ1) is 12.4. The predicted octanol–water partition coefficient (Wildman–Crippen LogP) is -2.87. The Bertz CT molecular complexity index is 852. The molecule has 0 aliphatic heterocycles. The molecule has 4 heteroatoms. The number of hydrogen-bond acceptors (Lipinski definition) is 0. The molecule has 0 bridgehead atoms. The minimum atomic E-state index is 0. The van der Waals surface area contributed by atoms with Crippen LogP contribution in [0.3, 0.4) is 0 Å². The maximum atomic E-state index is 3.53. The van der Waals surface area contributed by atoms with Gasteiger partial charge in [-0.3, -0.25) is 6.08 Å². The zero-order chi connectivity index (χ0) is 16.9. The molecule has 0 radical (unpaired) electrons. The van der Waals surface area contributed by atoms with Crippen molar-refractivity contribution in [3.63, 3.8) is 0 Å². The molecule has 3 aromatic carbocycles.